The van der Waals surface area contributed by atoms with Crippen LogP contribution >= 0.6 is 46.4 Å². The average Bonchev–Trinajstić information content (AvgIpc) is 2.44. The molecule has 2 aromatic carbocycles. The van der Waals surface area contributed by atoms with Crippen molar-refractivity contribution in [1.82, 2.24) is 0 Å². The van der Waals surface area contributed by atoms with Gasteiger partial charge in [-0.15, -0.1) is 0 Å². The lowest BCUT2D eigenvalue weighted by Gasteiger charge is -2.05. The van der Waals surface area contributed by atoms with E-state index in [1.165, 1.54) is 24.3 Å². The van der Waals surface area contributed by atoms with E-state index < -0.39 is 5.97 Å². The van der Waals surface area contributed by atoms with Crippen LogP contribution in [-0.4, -0.2) is 11.8 Å². The molecule has 0 aliphatic heterocycles. The van der Waals surface area contributed by atoms with Crippen molar-refractivity contribution in [3.63, 3.8) is 0 Å². The van der Waals surface area contributed by atoms with Crippen LogP contribution in [0.4, 0.5) is 0 Å². The van der Waals surface area contributed by atoms with Gasteiger partial charge in [-0.05, 0) is 36.4 Å². The Morgan fingerprint density at radius 2 is 1.41 bits per heavy atom. The molecule has 0 saturated heterocycles. The predicted octanol–water partition coefficient (Wildman–Crippen LogP) is 4.78. The molecule has 0 saturated carbocycles. The van der Waals surface area contributed by atoms with Crippen LogP contribution in [0.25, 0.3) is 0 Å². The first-order valence-electron chi connectivity index (χ1n) is 5.84. The van der Waals surface area contributed by atoms with E-state index in [0.29, 0.717) is 15.6 Å². The second kappa shape index (κ2) is 7.20. The Bertz CT molecular complexity index is 763. The maximum absolute atomic E-state index is 11.9. The summed E-state index contributed by atoms with van der Waals surface area (Å²) < 4.78 is 0. The fourth-order valence-electron chi connectivity index (χ4n) is 1.54. The van der Waals surface area contributed by atoms with E-state index >= 15 is 0 Å². The molecule has 0 aromatic heterocycles. The first-order valence-corrected chi connectivity index (χ1v) is 7.35. The fraction of sp³-hybridized carbons (Fsp3) is 0. The van der Waals surface area contributed by atoms with Crippen molar-refractivity contribution in [2.24, 2.45) is 10.9 Å². The SMILES string of the molecule is N/C(=N/OC(=O)c1ccc(Cl)cc1Cl)c1ccc(Cl)cc1Cl. The molecule has 0 amide bonds. The number of halogens is 4. The Balaban J connectivity index is 2.18. The molecule has 0 atom stereocenters. The Kier molecular flexibility index (Phi) is 5.53. The molecule has 2 aromatic rings. The minimum absolute atomic E-state index is 0.0693. The summed E-state index contributed by atoms with van der Waals surface area (Å²) in [6.07, 6.45) is 0. The van der Waals surface area contributed by atoms with Gasteiger partial charge in [0.2, 0.25) is 0 Å². The standard InChI is InChI=1S/C14H8Cl4N2O2/c15-7-1-3-9(11(17)5-7)13(19)20-22-14(21)10-4-2-8(16)6-12(10)18/h1-6H,(H2,19,20). The zero-order chi connectivity index (χ0) is 16.3. The fourth-order valence-corrected chi connectivity index (χ4v) is 2.53. The highest BCUT2D eigenvalue weighted by molar-refractivity contribution is 6.37. The maximum atomic E-state index is 11.9. The van der Waals surface area contributed by atoms with E-state index in [4.69, 9.17) is 57.0 Å². The molecule has 0 aliphatic rings. The second-order valence-corrected chi connectivity index (χ2v) is 5.79. The molecule has 4 nitrogen and oxygen atoms in total. The van der Waals surface area contributed by atoms with Crippen LogP contribution in [0, 0.1) is 0 Å². The van der Waals surface area contributed by atoms with E-state index in [9.17, 15) is 4.79 Å². The molecular formula is C14H8Cl4N2O2. The summed E-state index contributed by atoms with van der Waals surface area (Å²) in [4.78, 5) is 16.6. The van der Waals surface area contributed by atoms with E-state index in [1.807, 2.05) is 0 Å². The monoisotopic (exact) mass is 376 g/mol. The van der Waals surface area contributed by atoms with Gasteiger partial charge >= 0.3 is 5.97 Å². The number of carbonyl (C=O) groups excluding carboxylic acids is 1. The normalized spacial score (nSPS) is 11.4. The average molecular weight is 378 g/mol. The van der Waals surface area contributed by atoms with Crippen molar-refractivity contribution in [3.8, 4) is 0 Å². The van der Waals surface area contributed by atoms with Gasteiger partial charge in [0.1, 0.15) is 0 Å². The molecule has 0 radical (unpaired) electrons. The summed E-state index contributed by atoms with van der Waals surface area (Å²) in [5.41, 5.74) is 6.23. The maximum Gasteiger partial charge on any atom is 0.367 e. The lowest BCUT2D eigenvalue weighted by Crippen LogP contribution is -2.16. The number of oxime groups is 1. The smallest absolute Gasteiger partial charge is 0.367 e. The molecule has 0 aliphatic carbocycles. The molecule has 8 heteroatoms. The summed E-state index contributed by atoms with van der Waals surface area (Å²) >= 11 is 23.4. The lowest BCUT2D eigenvalue weighted by atomic mass is 10.2. The van der Waals surface area contributed by atoms with Gasteiger partial charge < -0.3 is 10.6 Å². The molecule has 22 heavy (non-hydrogen) atoms. The minimum Gasteiger partial charge on any atom is -0.380 e. The number of benzene rings is 2. The van der Waals surface area contributed by atoms with Crippen LogP contribution in [0.5, 0.6) is 0 Å². The Hall–Kier alpha value is -1.46. The number of amidine groups is 1. The largest absolute Gasteiger partial charge is 0.380 e. The van der Waals surface area contributed by atoms with E-state index in [0.717, 1.165) is 0 Å². The lowest BCUT2D eigenvalue weighted by molar-refractivity contribution is 0.0516. The van der Waals surface area contributed by atoms with Crippen molar-refractivity contribution in [2.75, 3.05) is 0 Å². The Morgan fingerprint density at radius 3 is 1.91 bits per heavy atom. The van der Waals surface area contributed by atoms with Crippen molar-refractivity contribution < 1.29 is 9.63 Å². The molecular weight excluding hydrogens is 370 g/mol. The molecule has 114 valence electrons. The summed E-state index contributed by atoms with van der Waals surface area (Å²) in [6.45, 7) is 0. The third-order valence-corrected chi connectivity index (χ3v) is 3.68. The van der Waals surface area contributed by atoms with Crippen molar-refractivity contribution in [3.05, 3.63) is 67.6 Å². The summed E-state index contributed by atoms with van der Waals surface area (Å²) in [5.74, 6) is -0.838. The number of nitrogens with two attached hydrogens (primary N) is 1. The third-order valence-electron chi connectivity index (χ3n) is 2.59. The van der Waals surface area contributed by atoms with Gasteiger partial charge in [-0.1, -0.05) is 51.6 Å². The Labute approximate surface area is 146 Å². The molecule has 0 heterocycles. The van der Waals surface area contributed by atoms with Gasteiger partial charge in [-0.2, -0.15) is 0 Å². The number of rotatable bonds is 3. The van der Waals surface area contributed by atoms with Crippen LogP contribution in [0.1, 0.15) is 15.9 Å². The number of carbonyl (C=O) groups is 1. The molecule has 0 bridgehead atoms. The van der Waals surface area contributed by atoms with Gasteiger partial charge in [0.25, 0.3) is 0 Å². The zero-order valence-corrected chi connectivity index (χ0v) is 13.8. The van der Waals surface area contributed by atoms with E-state index in [1.54, 1.807) is 12.1 Å². The van der Waals surface area contributed by atoms with Gasteiger partial charge in [-0.25, -0.2) is 4.79 Å². The van der Waals surface area contributed by atoms with Crippen molar-refractivity contribution in [2.45, 2.75) is 0 Å². The van der Waals surface area contributed by atoms with Crippen LogP contribution in [0.15, 0.2) is 41.6 Å². The molecule has 2 rings (SSSR count). The summed E-state index contributed by atoms with van der Waals surface area (Å²) in [5, 5.41) is 4.84. The Morgan fingerprint density at radius 1 is 0.909 bits per heavy atom. The predicted molar refractivity (Wildman–Crippen MR) is 89.1 cm³/mol. The van der Waals surface area contributed by atoms with Gasteiger partial charge in [0, 0.05) is 15.6 Å². The molecule has 0 unspecified atom stereocenters. The summed E-state index contributed by atoms with van der Waals surface area (Å²) in [7, 11) is 0. The summed E-state index contributed by atoms with van der Waals surface area (Å²) in [6, 6.07) is 9.00. The van der Waals surface area contributed by atoms with Crippen molar-refractivity contribution >= 4 is 58.2 Å². The number of hydrogen-bond donors (Lipinski definition) is 1. The highest BCUT2D eigenvalue weighted by atomic mass is 35.5. The van der Waals surface area contributed by atoms with Crippen LogP contribution < -0.4 is 5.73 Å². The van der Waals surface area contributed by atoms with Gasteiger partial charge in [0.05, 0.1) is 15.6 Å². The van der Waals surface area contributed by atoms with Gasteiger partial charge in [0.15, 0.2) is 5.84 Å². The topological polar surface area (TPSA) is 64.7 Å². The second-order valence-electron chi connectivity index (χ2n) is 4.10. The third kappa shape index (κ3) is 4.05. The first kappa shape index (κ1) is 16.9. The first-order chi connectivity index (χ1) is 10.4. The van der Waals surface area contributed by atoms with Crippen LogP contribution in [0.2, 0.25) is 20.1 Å². The zero-order valence-electron chi connectivity index (χ0n) is 10.8. The minimum atomic E-state index is -0.769. The molecule has 0 spiro atoms. The molecule has 2 N–H and O–H groups in total. The highest BCUT2D eigenvalue weighted by Crippen LogP contribution is 2.23. The quantitative estimate of drug-likeness (QED) is 0.362. The van der Waals surface area contributed by atoms with Crippen molar-refractivity contribution in [1.29, 1.82) is 0 Å². The van der Waals surface area contributed by atoms with Gasteiger partial charge in [-0.3, -0.25) is 0 Å². The number of hydrogen-bond acceptors (Lipinski definition) is 3. The van der Waals surface area contributed by atoms with E-state index in [-0.39, 0.29) is 21.4 Å². The van der Waals surface area contributed by atoms with Crippen LogP contribution in [-0.2, 0) is 4.84 Å². The van der Waals surface area contributed by atoms with Crippen LogP contribution in [0.3, 0.4) is 0 Å². The van der Waals surface area contributed by atoms with E-state index in [2.05, 4.69) is 5.16 Å². The number of nitrogens with zero attached hydrogens (tertiary/aromatic N) is 1. The highest BCUT2D eigenvalue weighted by Gasteiger charge is 2.13. The molecule has 0 fully saturated rings.